The van der Waals surface area contributed by atoms with Gasteiger partial charge in [0.15, 0.2) is 0 Å². The van der Waals surface area contributed by atoms with Crippen LogP contribution < -0.4 is 5.32 Å². The number of anilines is 1. The summed E-state index contributed by atoms with van der Waals surface area (Å²) in [5.41, 5.74) is 2.09. The number of rotatable bonds is 8. The summed E-state index contributed by atoms with van der Waals surface area (Å²) in [6.07, 6.45) is 5.06. The van der Waals surface area contributed by atoms with Crippen molar-refractivity contribution in [3.63, 3.8) is 0 Å². The molecule has 2 amide bonds. The fourth-order valence-corrected chi connectivity index (χ4v) is 2.97. The number of halogens is 2. The van der Waals surface area contributed by atoms with Crippen molar-refractivity contribution in [1.82, 2.24) is 14.7 Å². The van der Waals surface area contributed by atoms with Crippen LogP contribution in [0.5, 0.6) is 0 Å². The van der Waals surface area contributed by atoms with Gasteiger partial charge in [0.1, 0.15) is 5.15 Å². The first-order valence-corrected chi connectivity index (χ1v) is 9.79. The van der Waals surface area contributed by atoms with Gasteiger partial charge in [-0.15, -0.1) is 0 Å². The molecule has 0 radical (unpaired) electrons. The molecule has 0 aliphatic heterocycles. The summed E-state index contributed by atoms with van der Waals surface area (Å²) in [5, 5.41) is 8.22. The normalized spacial score (nSPS) is 11.0. The van der Waals surface area contributed by atoms with Crippen molar-refractivity contribution in [1.29, 1.82) is 0 Å². The Morgan fingerprint density at radius 1 is 1.25 bits per heavy atom. The number of carbonyl (C=O) groups excluding carboxylic acids is 2. The van der Waals surface area contributed by atoms with Crippen LogP contribution >= 0.6 is 23.2 Å². The van der Waals surface area contributed by atoms with Crippen LogP contribution in [0, 0.1) is 6.92 Å². The molecule has 1 aromatic carbocycles. The summed E-state index contributed by atoms with van der Waals surface area (Å²) >= 11 is 12.2. The Labute approximate surface area is 175 Å². The van der Waals surface area contributed by atoms with Gasteiger partial charge in [-0.25, -0.2) is 0 Å². The first kappa shape index (κ1) is 22.0. The Hall–Kier alpha value is -2.31. The van der Waals surface area contributed by atoms with E-state index in [-0.39, 0.29) is 18.4 Å². The van der Waals surface area contributed by atoms with E-state index in [2.05, 4.69) is 17.3 Å². The van der Waals surface area contributed by atoms with Crippen molar-refractivity contribution in [2.75, 3.05) is 18.9 Å². The number of likely N-dealkylation sites (N-methyl/N-ethyl adjacent to an activating group) is 1. The third-order valence-electron chi connectivity index (χ3n) is 4.11. The fraction of sp³-hybridized carbons (Fsp3) is 0.350. The molecule has 0 bridgehead atoms. The minimum atomic E-state index is -0.303. The van der Waals surface area contributed by atoms with Gasteiger partial charge in [0.2, 0.25) is 11.8 Å². The van der Waals surface area contributed by atoms with Crippen molar-refractivity contribution >= 4 is 46.8 Å². The Bertz CT molecular complexity index is 860. The predicted octanol–water partition coefficient (Wildman–Crippen LogP) is 4.41. The van der Waals surface area contributed by atoms with E-state index in [0.29, 0.717) is 21.4 Å². The molecule has 1 aromatic heterocycles. The number of unbranched alkanes of at least 4 members (excludes halogenated alkanes) is 1. The highest BCUT2D eigenvalue weighted by atomic mass is 35.5. The Morgan fingerprint density at radius 2 is 1.93 bits per heavy atom. The van der Waals surface area contributed by atoms with Gasteiger partial charge < -0.3 is 10.2 Å². The molecule has 0 aliphatic rings. The maximum atomic E-state index is 12.3. The van der Waals surface area contributed by atoms with Crippen LogP contribution in [-0.4, -0.2) is 40.1 Å². The Kier molecular flexibility index (Phi) is 8.08. The Balaban J connectivity index is 1.95. The molecule has 0 spiro atoms. The van der Waals surface area contributed by atoms with Gasteiger partial charge in [-0.05, 0) is 43.7 Å². The maximum Gasteiger partial charge on any atom is 0.246 e. The molecular formula is C20H24Cl2N4O2. The van der Waals surface area contributed by atoms with Gasteiger partial charge in [-0.1, -0.05) is 36.5 Å². The third-order valence-corrected chi connectivity index (χ3v) is 4.76. The van der Waals surface area contributed by atoms with E-state index < -0.39 is 0 Å². The second-order valence-electron chi connectivity index (χ2n) is 6.45. The van der Waals surface area contributed by atoms with Crippen molar-refractivity contribution < 1.29 is 9.59 Å². The second-order valence-corrected chi connectivity index (χ2v) is 7.24. The molecule has 6 nitrogen and oxygen atoms in total. The fourth-order valence-electron chi connectivity index (χ4n) is 2.52. The summed E-state index contributed by atoms with van der Waals surface area (Å²) in [5.74, 6) is -0.601. The lowest BCUT2D eigenvalue weighted by Crippen LogP contribution is -2.33. The monoisotopic (exact) mass is 422 g/mol. The van der Waals surface area contributed by atoms with Crippen molar-refractivity contribution in [2.24, 2.45) is 0 Å². The number of nitrogens with one attached hydrogen (secondary N) is 1. The topological polar surface area (TPSA) is 67.2 Å². The lowest BCUT2D eigenvalue weighted by Gasteiger charge is -2.14. The molecule has 0 saturated carbocycles. The van der Waals surface area contributed by atoms with Gasteiger partial charge in [0.25, 0.3) is 0 Å². The van der Waals surface area contributed by atoms with Crippen molar-refractivity contribution in [2.45, 2.75) is 33.2 Å². The van der Waals surface area contributed by atoms with Crippen LogP contribution in [0.2, 0.25) is 10.2 Å². The minimum Gasteiger partial charge on any atom is -0.333 e. The smallest absolute Gasteiger partial charge is 0.246 e. The molecule has 28 heavy (non-hydrogen) atoms. The van der Waals surface area contributed by atoms with Gasteiger partial charge in [0.05, 0.1) is 12.2 Å². The van der Waals surface area contributed by atoms with E-state index >= 15 is 0 Å². The zero-order valence-corrected chi connectivity index (χ0v) is 17.7. The highest BCUT2D eigenvalue weighted by molar-refractivity contribution is 6.31. The third kappa shape index (κ3) is 6.11. The number of hydrogen-bond donors (Lipinski definition) is 1. The molecule has 0 fully saturated rings. The number of amides is 2. The van der Waals surface area contributed by atoms with E-state index in [1.807, 2.05) is 6.92 Å². The molecule has 8 heteroatoms. The van der Waals surface area contributed by atoms with Gasteiger partial charge >= 0.3 is 0 Å². The maximum absolute atomic E-state index is 12.3. The lowest BCUT2D eigenvalue weighted by atomic mass is 10.2. The molecule has 2 rings (SSSR count). The molecule has 0 unspecified atom stereocenters. The number of aromatic nitrogens is 2. The molecule has 0 saturated heterocycles. The van der Waals surface area contributed by atoms with Gasteiger partial charge in [-0.3, -0.25) is 14.3 Å². The summed E-state index contributed by atoms with van der Waals surface area (Å²) in [4.78, 5) is 25.7. The average Bonchev–Trinajstić information content (AvgIpc) is 2.92. The highest BCUT2D eigenvalue weighted by Crippen LogP contribution is 2.22. The number of nitrogens with zero attached hydrogens (tertiary/aromatic N) is 3. The summed E-state index contributed by atoms with van der Waals surface area (Å²) < 4.78 is 1.74. The van der Waals surface area contributed by atoms with E-state index in [0.717, 1.165) is 25.1 Å². The van der Waals surface area contributed by atoms with E-state index in [9.17, 15) is 9.59 Å². The molecule has 0 atom stereocenters. The van der Waals surface area contributed by atoms with Crippen LogP contribution in [0.25, 0.3) is 6.08 Å². The average molecular weight is 423 g/mol. The first-order chi connectivity index (χ1) is 13.3. The largest absolute Gasteiger partial charge is 0.333 e. The quantitative estimate of drug-likeness (QED) is 0.640. The summed E-state index contributed by atoms with van der Waals surface area (Å²) in [7, 11) is 1.56. The molecule has 1 heterocycles. The molecule has 1 N–H and O–H groups in total. The zero-order valence-electron chi connectivity index (χ0n) is 16.2. The van der Waals surface area contributed by atoms with Crippen LogP contribution in [0.15, 0.2) is 30.3 Å². The predicted molar refractivity (Wildman–Crippen MR) is 114 cm³/mol. The molecular weight excluding hydrogens is 399 g/mol. The van der Waals surface area contributed by atoms with E-state index in [1.165, 1.54) is 11.0 Å². The summed E-state index contributed by atoms with van der Waals surface area (Å²) in [6.45, 7) is 4.61. The lowest BCUT2D eigenvalue weighted by molar-refractivity contribution is -0.129. The zero-order chi connectivity index (χ0) is 20.7. The highest BCUT2D eigenvalue weighted by Gasteiger charge is 2.13. The van der Waals surface area contributed by atoms with E-state index in [1.54, 1.807) is 42.1 Å². The molecule has 0 aliphatic carbocycles. The summed E-state index contributed by atoms with van der Waals surface area (Å²) in [6, 6.07) is 6.76. The van der Waals surface area contributed by atoms with Crippen LogP contribution in [0.1, 0.15) is 31.0 Å². The molecule has 2 aromatic rings. The second kappa shape index (κ2) is 10.3. The number of hydrogen-bond acceptors (Lipinski definition) is 3. The SMILES string of the molecule is CCCCn1nc(C)c(/C=C/C(=O)N(C)CC(=O)Nc2ccc(Cl)cc2)c1Cl. The molecule has 150 valence electrons. The van der Waals surface area contributed by atoms with Gasteiger partial charge in [-0.2, -0.15) is 5.10 Å². The number of carbonyl (C=O) groups is 2. The van der Waals surface area contributed by atoms with Crippen molar-refractivity contribution in [3.05, 3.63) is 51.8 Å². The number of aryl methyl sites for hydroxylation is 2. The Morgan fingerprint density at radius 3 is 2.57 bits per heavy atom. The number of benzene rings is 1. The van der Waals surface area contributed by atoms with Crippen LogP contribution in [0.4, 0.5) is 5.69 Å². The van der Waals surface area contributed by atoms with Crippen molar-refractivity contribution in [3.8, 4) is 0 Å². The standard InChI is InChI=1S/C20H24Cl2N4O2/c1-4-5-12-26-20(22)17(14(2)24-26)10-11-19(28)25(3)13-18(27)23-16-8-6-15(21)7-9-16/h6-11H,4-5,12-13H2,1-3H3,(H,23,27)/b11-10+. The van der Waals surface area contributed by atoms with E-state index in [4.69, 9.17) is 23.2 Å². The minimum absolute atomic E-state index is 0.0751. The first-order valence-electron chi connectivity index (χ1n) is 9.03. The van der Waals surface area contributed by atoms with Gasteiger partial charge in [0, 0.05) is 35.9 Å². The van der Waals surface area contributed by atoms with Crippen LogP contribution in [0.3, 0.4) is 0 Å². The van der Waals surface area contributed by atoms with Crippen LogP contribution in [-0.2, 0) is 16.1 Å².